The molecule has 1 aromatic heterocycles. The lowest BCUT2D eigenvalue weighted by atomic mass is 10.3. The van der Waals surface area contributed by atoms with Crippen LogP contribution in [0.15, 0.2) is 12.3 Å². The van der Waals surface area contributed by atoms with E-state index in [0.29, 0.717) is 6.54 Å². The van der Waals surface area contributed by atoms with E-state index < -0.39 is 0 Å². The molecule has 0 aliphatic rings. The molecule has 0 bridgehead atoms. The molecule has 0 aliphatic carbocycles. The van der Waals surface area contributed by atoms with Gasteiger partial charge < -0.3 is 11.1 Å². The number of aromatic nitrogens is 2. The third-order valence-corrected chi connectivity index (χ3v) is 1.20. The van der Waals surface area contributed by atoms with Gasteiger partial charge in [-0.3, -0.25) is 0 Å². The molecule has 0 fully saturated rings. The lowest BCUT2D eigenvalue weighted by molar-refractivity contribution is 0.968. The average molecular weight is 138 g/mol. The monoisotopic (exact) mass is 138 g/mol. The summed E-state index contributed by atoms with van der Waals surface area (Å²) in [5.41, 5.74) is 6.36. The SMILES string of the molecule is CNc1cc(CN)cnn1. The minimum absolute atomic E-state index is 0.504. The summed E-state index contributed by atoms with van der Waals surface area (Å²) in [6.07, 6.45) is 1.65. The Hall–Kier alpha value is -1.16. The van der Waals surface area contributed by atoms with Crippen LogP contribution in [0.3, 0.4) is 0 Å². The van der Waals surface area contributed by atoms with Gasteiger partial charge >= 0.3 is 0 Å². The van der Waals surface area contributed by atoms with Crippen molar-refractivity contribution in [2.24, 2.45) is 5.73 Å². The first-order valence-corrected chi connectivity index (χ1v) is 3.06. The molecular formula is C6H10N4. The van der Waals surface area contributed by atoms with Crippen LogP contribution < -0.4 is 11.1 Å². The Morgan fingerprint density at radius 3 is 3.10 bits per heavy atom. The Bertz CT molecular complexity index is 191. The second-order valence-corrected chi connectivity index (χ2v) is 1.90. The minimum Gasteiger partial charge on any atom is -0.372 e. The third-order valence-electron chi connectivity index (χ3n) is 1.20. The van der Waals surface area contributed by atoms with Gasteiger partial charge in [0.25, 0.3) is 0 Å². The number of nitrogens with two attached hydrogens (primary N) is 1. The zero-order valence-corrected chi connectivity index (χ0v) is 5.83. The summed E-state index contributed by atoms with van der Waals surface area (Å²) < 4.78 is 0. The van der Waals surface area contributed by atoms with Crippen LogP contribution in [0, 0.1) is 0 Å². The smallest absolute Gasteiger partial charge is 0.148 e. The van der Waals surface area contributed by atoms with Crippen molar-refractivity contribution in [1.29, 1.82) is 0 Å². The van der Waals surface area contributed by atoms with Crippen LogP contribution in [-0.4, -0.2) is 17.2 Å². The molecule has 0 radical (unpaired) electrons. The summed E-state index contributed by atoms with van der Waals surface area (Å²) >= 11 is 0. The molecule has 1 heterocycles. The first kappa shape index (κ1) is 6.95. The van der Waals surface area contributed by atoms with E-state index in [0.717, 1.165) is 11.4 Å². The topological polar surface area (TPSA) is 63.8 Å². The Balaban J connectivity index is 2.87. The molecule has 54 valence electrons. The van der Waals surface area contributed by atoms with E-state index in [4.69, 9.17) is 5.73 Å². The largest absolute Gasteiger partial charge is 0.372 e. The third kappa shape index (κ3) is 1.41. The Labute approximate surface area is 59.5 Å². The molecule has 0 aliphatic heterocycles. The summed E-state index contributed by atoms with van der Waals surface area (Å²) in [6.45, 7) is 0.504. The molecule has 0 aromatic carbocycles. The van der Waals surface area contributed by atoms with Crippen LogP contribution in [-0.2, 0) is 6.54 Å². The first-order valence-electron chi connectivity index (χ1n) is 3.06. The van der Waals surface area contributed by atoms with Gasteiger partial charge in [-0.25, -0.2) is 0 Å². The zero-order valence-electron chi connectivity index (χ0n) is 5.83. The van der Waals surface area contributed by atoms with E-state index in [9.17, 15) is 0 Å². The molecule has 4 heteroatoms. The van der Waals surface area contributed by atoms with Crippen LogP contribution in [0.1, 0.15) is 5.56 Å². The van der Waals surface area contributed by atoms with Gasteiger partial charge in [0.2, 0.25) is 0 Å². The van der Waals surface area contributed by atoms with Gasteiger partial charge in [-0.05, 0) is 11.6 Å². The van der Waals surface area contributed by atoms with Crippen LogP contribution in [0.25, 0.3) is 0 Å². The molecule has 0 amide bonds. The van der Waals surface area contributed by atoms with E-state index in [2.05, 4.69) is 15.5 Å². The van der Waals surface area contributed by atoms with Crippen LogP contribution in [0.2, 0.25) is 0 Å². The molecule has 4 nitrogen and oxygen atoms in total. The highest BCUT2D eigenvalue weighted by atomic mass is 15.2. The summed E-state index contributed by atoms with van der Waals surface area (Å²) in [6, 6.07) is 1.87. The maximum absolute atomic E-state index is 5.38. The van der Waals surface area contributed by atoms with Crippen molar-refractivity contribution in [3.63, 3.8) is 0 Å². The average Bonchev–Trinajstić information content (AvgIpc) is 2.05. The van der Waals surface area contributed by atoms with Crippen LogP contribution in [0.4, 0.5) is 5.82 Å². The molecule has 0 saturated heterocycles. The summed E-state index contributed by atoms with van der Waals surface area (Å²) in [5.74, 6) is 0.753. The Kier molecular flexibility index (Phi) is 2.17. The molecule has 1 aromatic rings. The summed E-state index contributed by atoms with van der Waals surface area (Å²) in [5, 5.41) is 10.4. The predicted octanol–water partition coefficient (Wildman–Crippen LogP) is -0.0230. The van der Waals surface area contributed by atoms with Gasteiger partial charge in [0, 0.05) is 13.6 Å². The number of hydrogen-bond acceptors (Lipinski definition) is 4. The Morgan fingerprint density at radius 1 is 1.70 bits per heavy atom. The molecule has 0 spiro atoms. The van der Waals surface area contributed by atoms with Gasteiger partial charge in [0.05, 0.1) is 6.20 Å². The molecule has 0 saturated carbocycles. The summed E-state index contributed by atoms with van der Waals surface area (Å²) in [4.78, 5) is 0. The van der Waals surface area contributed by atoms with Crippen LogP contribution >= 0.6 is 0 Å². The normalized spacial score (nSPS) is 9.40. The van der Waals surface area contributed by atoms with Gasteiger partial charge in [-0.15, -0.1) is 5.10 Å². The fourth-order valence-electron chi connectivity index (χ4n) is 0.641. The molecular weight excluding hydrogens is 128 g/mol. The van der Waals surface area contributed by atoms with Crippen LogP contribution in [0.5, 0.6) is 0 Å². The molecule has 0 atom stereocenters. The number of nitrogens with zero attached hydrogens (tertiary/aromatic N) is 2. The maximum atomic E-state index is 5.38. The number of anilines is 1. The number of nitrogens with one attached hydrogen (secondary N) is 1. The van der Waals surface area contributed by atoms with E-state index in [-0.39, 0.29) is 0 Å². The zero-order chi connectivity index (χ0) is 7.40. The van der Waals surface area contributed by atoms with E-state index >= 15 is 0 Å². The van der Waals surface area contributed by atoms with Crippen molar-refractivity contribution < 1.29 is 0 Å². The Morgan fingerprint density at radius 2 is 2.50 bits per heavy atom. The lowest BCUT2D eigenvalue weighted by Crippen LogP contribution is -2.00. The second kappa shape index (κ2) is 3.12. The maximum Gasteiger partial charge on any atom is 0.148 e. The minimum atomic E-state index is 0.504. The van der Waals surface area contributed by atoms with Crippen molar-refractivity contribution in [3.05, 3.63) is 17.8 Å². The van der Waals surface area contributed by atoms with Gasteiger partial charge in [0.1, 0.15) is 5.82 Å². The van der Waals surface area contributed by atoms with E-state index in [1.165, 1.54) is 0 Å². The highest BCUT2D eigenvalue weighted by Gasteiger charge is 1.91. The molecule has 3 N–H and O–H groups in total. The molecule has 10 heavy (non-hydrogen) atoms. The predicted molar refractivity (Wildman–Crippen MR) is 39.5 cm³/mol. The first-order chi connectivity index (χ1) is 4.86. The van der Waals surface area contributed by atoms with Crippen molar-refractivity contribution in [2.45, 2.75) is 6.54 Å². The van der Waals surface area contributed by atoms with Gasteiger partial charge in [-0.2, -0.15) is 5.10 Å². The quantitative estimate of drug-likeness (QED) is 0.602. The van der Waals surface area contributed by atoms with E-state index in [1.54, 1.807) is 13.2 Å². The van der Waals surface area contributed by atoms with E-state index in [1.807, 2.05) is 6.07 Å². The van der Waals surface area contributed by atoms with Gasteiger partial charge in [-0.1, -0.05) is 0 Å². The highest BCUT2D eigenvalue weighted by molar-refractivity contribution is 5.34. The molecule has 0 unspecified atom stereocenters. The van der Waals surface area contributed by atoms with Crippen molar-refractivity contribution in [3.8, 4) is 0 Å². The highest BCUT2D eigenvalue weighted by Crippen LogP contribution is 2.01. The van der Waals surface area contributed by atoms with Crippen molar-refractivity contribution >= 4 is 5.82 Å². The van der Waals surface area contributed by atoms with Crippen molar-refractivity contribution in [1.82, 2.24) is 10.2 Å². The molecule has 1 rings (SSSR count). The fourth-order valence-corrected chi connectivity index (χ4v) is 0.641. The van der Waals surface area contributed by atoms with Crippen molar-refractivity contribution in [2.75, 3.05) is 12.4 Å². The van der Waals surface area contributed by atoms with Gasteiger partial charge in [0.15, 0.2) is 0 Å². The second-order valence-electron chi connectivity index (χ2n) is 1.90. The lowest BCUT2D eigenvalue weighted by Gasteiger charge is -1.98. The standard InChI is InChI=1S/C6H10N4/c1-8-6-2-5(3-7)4-9-10-6/h2,4H,3,7H2,1H3,(H,8,10). The number of rotatable bonds is 2. The fraction of sp³-hybridized carbons (Fsp3) is 0.333. The number of hydrogen-bond donors (Lipinski definition) is 2. The summed E-state index contributed by atoms with van der Waals surface area (Å²) in [7, 11) is 1.80.